The van der Waals surface area contributed by atoms with Crippen LogP contribution in [-0.4, -0.2) is 69.7 Å². The molecule has 0 saturated carbocycles. The molecule has 2 aliphatic heterocycles. The first-order valence-corrected chi connectivity index (χ1v) is 11.7. The highest BCUT2D eigenvalue weighted by Gasteiger charge is 2.30. The van der Waals surface area contributed by atoms with Crippen molar-refractivity contribution in [3.63, 3.8) is 0 Å². The van der Waals surface area contributed by atoms with Gasteiger partial charge in [-0.25, -0.2) is 23.7 Å². The minimum Gasteiger partial charge on any atom is -0.384 e. The lowest BCUT2D eigenvalue weighted by molar-refractivity contribution is 0.137. The molecule has 0 aliphatic carbocycles. The number of halogens is 2. The number of aromatic nitrogens is 4. The monoisotopic (exact) mass is 476 g/mol. The largest absolute Gasteiger partial charge is 0.384 e. The van der Waals surface area contributed by atoms with E-state index >= 15 is 8.78 Å². The summed E-state index contributed by atoms with van der Waals surface area (Å²) in [5.41, 5.74) is 8.83. The number of nitrogens with one attached hydrogen (secondary N) is 1. The predicted octanol–water partition coefficient (Wildman–Crippen LogP) is 2.75. The van der Waals surface area contributed by atoms with Crippen LogP contribution in [0.2, 0.25) is 0 Å². The molecule has 4 aromatic rings. The number of hydrogen-bond donors (Lipinski definition) is 2. The fraction of sp³-hybridized carbons (Fsp3) is 0.320. The molecule has 180 valence electrons. The van der Waals surface area contributed by atoms with Crippen molar-refractivity contribution >= 4 is 22.7 Å². The van der Waals surface area contributed by atoms with E-state index < -0.39 is 11.6 Å². The lowest BCUT2D eigenvalue weighted by Gasteiger charge is -2.43. The van der Waals surface area contributed by atoms with Crippen LogP contribution in [0.1, 0.15) is 5.82 Å². The van der Waals surface area contributed by atoms with Crippen molar-refractivity contribution < 1.29 is 8.78 Å². The number of piperazine rings is 1. The summed E-state index contributed by atoms with van der Waals surface area (Å²) >= 11 is 0. The molecule has 2 fully saturated rings. The van der Waals surface area contributed by atoms with Gasteiger partial charge in [0.1, 0.15) is 22.8 Å². The van der Waals surface area contributed by atoms with Gasteiger partial charge >= 0.3 is 0 Å². The Kier molecular flexibility index (Phi) is 5.34. The molecule has 5 heterocycles. The van der Waals surface area contributed by atoms with Gasteiger partial charge in [-0.1, -0.05) is 0 Å². The van der Waals surface area contributed by atoms with Crippen LogP contribution in [0.3, 0.4) is 0 Å². The predicted molar refractivity (Wildman–Crippen MR) is 132 cm³/mol. The fourth-order valence-electron chi connectivity index (χ4n) is 4.97. The number of fused-ring (bicyclic) bond motifs is 1. The minimum absolute atomic E-state index is 0.0307. The third kappa shape index (κ3) is 3.88. The van der Waals surface area contributed by atoms with Gasteiger partial charge in [0.25, 0.3) is 0 Å². The molecule has 0 unspecified atom stereocenters. The summed E-state index contributed by atoms with van der Waals surface area (Å²) in [6.07, 6.45) is 1.62. The average molecular weight is 477 g/mol. The molecule has 10 heteroatoms. The van der Waals surface area contributed by atoms with Crippen LogP contribution in [0, 0.1) is 18.6 Å². The van der Waals surface area contributed by atoms with E-state index in [0.717, 1.165) is 31.7 Å². The van der Waals surface area contributed by atoms with Crippen LogP contribution >= 0.6 is 0 Å². The molecule has 3 N–H and O–H groups in total. The van der Waals surface area contributed by atoms with Gasteiger partial charge < -0.3 is 16.0 Å². The number of nitrogens with two attached hydrogens (primary N) is 1. The van der Waals surface area contributed by atoms with Crippen LogP contribution < -0.4 is 16.0 Å². The molecule has 0 bridgehead atoms. The second-order valence-electron chi connectivity index (χ2n) is 9.10. The number of pyridine rings is 2. The molecule has 2 aliphatic rings. The number of nitrogens with zero attached hydrogens (tertiary/aromatic N) is 6. The first kappa shape index (κ1) is 21.9. The molecule has 0 atom stereocenters. The maximum Gasteiger partial charge on any atom is 0.165 e. The maximum absolute atomic E-state index is 15.4. The van der Waals surface area contributed by atoms with E-state index in [9.17, 15) is 0 Å². The van der Waals surface area contributed by atoms with Gasteiger partial charge in [0.15, 0.2) is 17.3 Å². The van der Waals surface area contributed by atoms with E-state index in [4.69, 9.17) is 10.7 Å². The van der Waals surface area contributed by atoms with Crippen molar-refractivity contribution in [3.8, 4) is 16.9 Å². The van der Waals surface area contributed by atoms with Gasteiger partial charge in [-0.3, -0.25) is 9.47 Å². The summed E-state index contributed by atoms with van der Waals surface area (Å²) < 4.78 is 32.4. The summed E-state index contributed by atoms with van der Waals surface area (Å²) in [5.74, 6) is -0.191. The molecular weight excluding hydrogens is 450 g/mol. The molecular formula is C25H26F2N8. The van der Waals surface area contributed by atoms with Crippen LogP contribution in [0.4, 0.5) is 20.3 Å². The van der Waals surface area contributed by atoms with Crippen molar-refractivity contribution in [3.05, 3.63) is 60.1 Å². The topological polar surface area (TPSA) is 88.1 Å². The van der Waals surface area contributed by atoms with Gasteiger partial charge in [-0.2, -0.15) is 0 Å². The van der Waals surface area contributed by atoms with Crippen molar-refractivity contribution in [2.45, 2.75) is 13.0 Å². The van der Waals surface area contributed by atoms with E-state index in [1.165, 1.54) is 12.1 Å². The van der Waals surface area contributed by atoms with Gasteiger partial charge in [-0.05, 0) is 31.2 Å². The lowest BCUT2D eigenvalue weighted by Crippen LogP contribution is -2.61. The van der Waals surface area contributed by atoms with E-state index in [-0.39, 0.29) is 5.69 Å². The van der Waals surface area contributed by atoms with Gasteiger partial charge in [0, 0.05) is 69.2 Å². The Balaban J connectivity index is 1.34. The van der Waals surface area contributed by atoms with Crippen molar-refractivity contribution in [2.24, 2.45) is 0 Å². The SMILES string of the molecule is Cc1nc2ccc(-c3ccnc(N)c3)nc2n1-c1cc(F)c(N2CCN(C3CNC3)CC2)c(F)c1. The number of rotatable bonds is 4. The summed E-state index contributed by atoms with van der Waals surface area (Å²) in [7, 11) is 0. The zero-order valence-electron chi connectivity index (χ0n) is 19.4. The highest BCUT2D eigenvalue weighted by Crippen LogP contribution is 2.31. The summed E-state index contributed by atoms with van der Waals surface area (Å²) in [4.78, 5) is 17.5. The quantitative estimate of drug-likeness (QED) is 0.468. The third-order valence-corrected chi connectivity index (χ3v) is 6.92. The second-order valence-corrected chi connectivity index (χ2v) is 9.10. The molecule has 0 spiro atoms. The number of anilines is 2. The van der Waals surface area contributed by atoms with E-state index in [1.807, 2.05) is 18.2 Å². The molecule has 8 nitrogen and oxygen atoms in total. The molecule has 3 aromatic heterocycles. The number of benzene rings is 1. The lowest BCUT2D eigenvalue weighted by atomic mass is 10.1. The van der Waals surface area contributed by atoms with Crippen molar-refractivity contribution in [2.75, 3.05) is 49.9 Å². The molecule has 2 saturated heterocycles. The standard InChI is InChI=1S/C25H26F2N8/c1-15-31-22-3-2-21(16-4-5-30-23(28)10-16)32-25(22)35(15)17-11-19(26)24(20(27)12-17)34-8-6-33(7-9-34)18-13-29-14-18/h2-5,10-12,18,29H,6-9,13-14H2,1H3,(H2,28,30). The molecule has 0 radical (unpaired) electrons. The Morgan fingerprint density at radius 3 is 2.37 bits per heavy atom. The Morgan fingerprint density at radius 2 is 1.71 bits per heavy atom. The highest BCUT2D eigenvalue weighted by molar-refractivity contribution is 5.78. The van der Waals surface area contributed by atoms with Crippen LogP contribution in [-0.2, 0) is 0 Å². The summed E-state index contributed by atoms with van der Waals surface area (Å²) in [6.45, 7) is 6.55. The number of aryl methyl sites for hydroxylation is 1. The molecule has 1 aromatic carbocycles. The maximum atomic E-state index is 15.4. The van der Waals surface area contributed by atoms with Crippen LogP contribution in [0.15, 0.2) is 42.6 Å². The van der Waals surface area contributed by atoms with Gasteiger partial charge in [0.2, 0.25) is 0 Å². The summed E-state index contributed by atoms with van der Waals surface area (Å²) in [6, 6.07) is 10.5. The molecule has 0 amide bonds. The second kappa shape index (κ2) is 8.54. The zero-order valence-corrected chi connectivity index (χ0v) is 19.4. The van der Waals surface area contributed by atoms with Crippen molar-refractivity contribution in [1.82, 2.24) is 29.7 Å². The third-order valence-electron chi connectivity index (χ3n) is 6.92. The van der Waals surface area contributed by atoms with E-state index in [1.54, 1.807) is 28.7 Å². The van der Waals surface area contributed by atoms with Crippen LogP contribution in [0.5, 0.6) is 0 Å². The van der Waals surface area contributed by atoms with Crippen molar-refractivity contribution in [1.29, 1.82) is 0 Å². The minimum atomic E-state index is -0.585. The number of hydrogen-bond acceptors (Lipinski definition) is 7. The Morgan fingerprint density at radius 1 is 0.971 bits per heavy atom. The van der Waals surface area contributed by atoms with Gasteiger partial charge in [0.05, 0.1) is 11.4 Å². The highest BCUT2D eigenvalue weighted by atomic mass is 19.1. The summed E-state index contributed by atoms with van der Waals surface area (Å²) in [5, 5.41) is 3.28. The molecule has 35 heavy (non-hydrogen) atoms. The first-order valence-electron chi connectivity index (χ1n) is 11.7. The number of imidazole rings is 1. The smallest absolute Gasteiger partial charge is 0.165 e. The fourth-order valence-corrected chi connectivity index (χ4v) is 4.97. The normalized spacial score (nSPS) is 17.2. The Bertz CT molecular complexity index is 1380. The van der Waals surface area contributed by atoms with E-state index in [2.05, 4.69) is 20.2 Å². The average Bonchev–Trinajstić information content (AvgIpc) is 3.13. The van der Waals surface area contributed by atoms with Gasteiger partial charge in [-0.15, -0.1) is 0 Å². The number of nitrogen functional groups attached to an aromatic ring is 1. The first-order chi connectivity index (χ1) is 17.0. The van der Waals surface area contributed by atoms with E-state index in [0.29, 0.717) is 53.3 Å². The van der Waals surface area contributed by atoms with Crippen LogP contribution in [0.25, 0.3) is 28.1 Å². The molecule has 6 rings (SSSR count). The Hall–Kier alpha value is -3.63. The zero-order chi connectivity index (χ0) is 24.1. The Labute approximate surface area is 201 Å².